The van der Waals surface area contributed by atoms with Crippen LogP contribution in [0.4, 0.5) is 0 Å². The Morgan fingerprint density at radius 3 is 3.07 bits per heavy atom. The molecule has 0 fully saturated rings. The molecule has 1 atom stereocenters. The molecule has 0 spiro atoms. The molecule has 14 heavy (non-hydrogen) atoms. The molecule has 74 valence electrons. The largest absolute Gasteiger partial charge is 0.392 e. The van der Waals surface area contributed by atoms with E-state index in [2.05, 4.69) is 21.1 Å². The first-order valence-electron chi connectivity index (χ1n) is 4.39. The molecule has 0 amide bonds. The first kappa shape index (κ1) is 9.68. The summed E-state index contributed by atoms with van der Waals surface area (Å²) in [5, 5.41) is 12.8. The van der Waals surface area contributed by atoms with E-state index >= 15 is 0 Å². The third-order valence-corrected chi connectivity index (χ3v) is 2.59. The first-order valence-corrected chi connectivity index (χ1v) is 5.18. The van der Waals surface area contributed by atoms with Gasteiger partial charge in [0.05, 0.1) is 12.3 Å². The lowest BCUT2D eigenvalue weighted by Gasteiger charge is -2.01. The smallest absolute Gasteiger partial charge is 0.156 e. The Labute approximate surface area is 90.5 Å². The Morgan fingerprint density at radius 1 is 1.57 bits per heavy atom. The molecular weight excluding hydrogens is 246 g/mol. The number of oxime groups is 1. The maximum absolute atomic E-state index is 8.88. The quantitative estimate of drug-likeness (QED) is 0.878. The van der Waals surface area contributed by atoms with E-state index < -0.39 is 0 Å². The number of aliphatic hydroxyl groups excluding tert-OH is 1. The van der Waals surface area contributed by atoms with Gasteiger partial charge in [0.25, 0.3) is 0 Å². The molecule has 0 saturated heterocycles. The number of benzene rings is 1. The molecule has 1 aliphatic heterocycles. The van der Waals surface area contributed by atoms with E-state index in [-0.39, 0.29) is 12.7 Å². The molecule has 3 nitrogen and oxygen atoms in total. The van der Waals surface area contributed by atoms with Gasteiger partial charge in [0, 0.05) is 16.5 Å². The van der Waals surface area contributed by atoms with Crippen molar-refractivity contribution in [2.45, 2.75) is 12.5 Å². The predicted octanol–water partition coefficient (Wildman–Crippen LogP) is 1.93. The minimum absolute atomic E-state index is 0.0149. The van der Waals surface area contributed by atoms with Gasteiger partial charge in [-0.2, -0.15) is 0 Å². The fraction of sp³-hybridized carbons (Fsp3) is 0.300. The van der Waals surface area contributed by atoms with Crippen molar-refractivity contribution in [1.29, 1.82) is 0 Å². The molecule has 0 radical (unpaired) electrons. The third-order valence-electron chi connectivity index (χ3n) is 2.09. The van der Waals surface area contributed by atoms with Gasteiger partial charge in [-0.25, -0.2) is 0 Å². The molecular formula is C10H10BrNO2. The van der Waals surface area contributed by atoms with Crippen LogP contribution in [-0.4, -0.2) is 23.5 Å². The van der Waals surface area contributed by atoms with E-state index in [4.69, 9.17) is 9.94 Å². The molecule has 1 unspecified atom stereocenters. The monoisotopic (exact) mass is 255 g/mol. The highest BCUT2D eigenvalue weighted by Gasteiger charge is 2.20. The summed E-state index contributed by atoms with van der Waals surface area (Å²) in [6.45, 7) is 0.0149. The lowest BCUT2D eigenvalue weighted by Crippen LogP contribution is -2.12. The van der Waals surface area contributed by atoms with Crippen LogP contribution in [0.25, 0.3) is 0 Å². The minimum Gasteiger partial charge on any atom is -0.392 e. The Hall–Kier alpha value is -0.870. The number of aliphatic hydroxyl groups is 1. The molecule has 1 aliphatic rings. The van der Waals surface area contributed by atoms with Crippen LogP contribution < -0.4 is 0 Å². The zero-order valence-corrected chi connectivity index (χ0v) is 9.07. The lowest BCUT2D eigenvalue weighted by atomic mass is 10.1. The van der Waals surface area contributed by atoms with Gasteiger partial charge in [-0.1, -0.05) is 33.2 Å². The summed E-state index contributed by atoms with van der Waals surface area (Å²) >= 11 is 3.40. The summed E-state index contributed by atoms with van der Waals surface area (Å²) < 4.78 is 1.02. The number of rotatable bonds is 2. The normalized spacial score (nSPS) is 20.4. The molecule has 1 heterocycles. The van der Waals surface area contributed by atoms with E-state index in [1.807, 2.05) is 24.3 Å². The number of halogens is 1. The number of hydrogen-bond acceptors (Lipinski definition) is 3. The second kappa shape index (κ2) is 4.11. The minimum atomic E-state index is -0.177. The Bertz CT molecular complexity index is 365. The highest BCUT2D eigenvalue weighted by Crippen LogP contribution is 2.19. The third kappa shape index (κ3) is 1.96. The van der Waals surface area contributed by atoms with Crippen molar-refractivity contribution >= 4 is 21.6 Å². The molecule has 0 aliphatic carbocycles. The lowest BCUT2D eigenvalue weighted by molar-refractivity contribution is 0.0390. The second-order valence-corrected chi connectivity index (χ2v) is 4.08. The topological polar surface area (TPSA) is 41.8 Å². The summed E-state index contributed by atoms with van der Waals surface area (Å²) in [6.07, 6.45) is 0.497. The second-order valence-electron chi connectivity index (χ2n) is 3.16. The molecule has 1 aromatic carbocycles. The summed E-state index contributed by atoms with van der Waals surface area (Å²) in [7, 11) is 0. The van der Waals surface area contributed by atoms with Crippen molar-refractivity contribution in [2.75, 3.05) is 6.61 Å². The fourth-order valence-electron chi connectivity index (χ4n) is 1.36. The molecule has 0 aromatic heterocycles. The summed E-state index contributed by atoms with van der Waals surface area (Å²) in [5.74, 6) is 0. The van der Waals surface area contributed by atoms with E-state index in [1.54, 1.807) is 0 Å². The van der Waals surface area contributed by atoms with Gasteiger partial charge in [0.15, 0.2) is 6.10 Å². The van der Waals surface area contributed by atoms with Crippen LogP contribution in [0.2, 0.25) is 0 Å². The molecule has 0 saturated carbocycles. The zero-order valence-electron chi connectivity index (χ0n) is 7.48. The van der Waals surface area contributed by atoms with Crippen molar-refractivity contribution in [1.82, 2.24) is 0 Å². The van der Waals surface area contributed by atoms with Crippen LogP contribution in [0.5, 0.6) is 0 Å². The molecule has 0 bridgehead atoms. The summed E-state index contributed by atoms with van der Waals surface area (Å²) in [6, 6.07) is 7.88. The van der Waals surface area contributed by atoms with Crippen molar-refractivity contribution in [3.8, 4) is 0 Å². The Kier molecular flexibility index (Phi) is 2.84. The fourth-order valence-corrected chi connectivity index (χ4v) is 1.76. The van der Waals surface area contributed by atoms with E-state index in [0.717, 1.165) is 15.7 Å². The van der Waals surface area contributed by atoms with Crippen LogP contribution in [0.3, 0.4) is 0 Å². The van der Waals surface area contributed by atoms with Crippen LogP contribution in [0.1, 0.15) is 12.0 Å². The highest BCUT2D eigenvalue weighted by molar-refractivity contribution is 9.10. The van der Waals surface area contributed by atoms with E-state index in [0.29, 0.717) is 6.42 Å². The van der Waals surface area contributed by atoms with Gasteiger partial charge >= 0.3 is 0 Å². The Balaban J connectivity index is 2.17. The van der Waals surface area contributed by atoms with Crippen molar-refractivity contribution in [2.24, 2.45) is 5.16 Å². The van der Waals surface area contributed by atoms with Crippen molar-refractivity contribution in [3.63, 3.8) is 0 Å². The van der Waals surface area contributed by atoms with Crippen LogP contribution >= 0.6 is 15.9 Å². The standard InChI is InChI=1S/C10H10BrNO2/c11-8-3-1-2-7(4-8)10-5-9(6-13)14-12-10/h1-4,9,13H,5-6H2. The van der Waals surface area contributed by atoms with Crippen molar-refractivity contribution in [3.05, 3.63) is 34.3 Å². The summed E-state index contributed by atoms with van der Waals surface area (Å²) in [4.78, 5) is 5.03. The van der Waals surface area contributed by atoms with Gasteiger partial charge in [-0.3, -0.25) is 0 Å². The summed E-state index contributed by atoms with van der Waals surface area (Å²) in [5.41, 5.74) is 1.93. The predicted molar refractivity (Wildman–Crippen MR) is 57.3 cm³/mol. The maximum Gasteiger partial charge on any atom is 0.156 e. The number of hydrogen-bond donors (Lipinski definition) is 1. The molecule has 2 rings (SSSR count). The zero-order chi connectivity index (χ0) is 9.97. The first-order chi connectivity index (χ1) is 6.79. The van der Waals surface area contributed by atoms with E-state index in [9.17, 15) is 0 Å². The molecule has 4 heteroatoms. The number of nitrogens with zero attached hydrogens (tertiary/aromatic N) is 1. The van der Waals surface area contributed by atoms with Crippen molar-refractivity contribution < 1.29 is 9.94 Å². The molecule has 1 aromatic rings. The van der Waals surface area contributed by atoms with Gasteiger partial charge in [0.2, 0.25) is 0 Å². The van der Waals surface area contributed by atoms with Gasteiger partial charge in [-0.15, -0.1) is 0 Å². The van der Waals surface area contributed by atoms with Gasteiger partial charge < -0.3 is 9.94 Å². The average molecular weight is 256 g/mol. The Morgan fingerprint density at radius 2 is 2.43 bits per heavy atom. The van der Waals surface area contributed by atoms with Crippen LogP contribution in [0.15, 0.2) is 33.9 Å². The van der Waals surface area contributed by atoms with Crippen LogP contribution in [-0.2, 0) is 4.84 Å². The van der Waals surface area contributed by atoms with E-state index in [1.165, 1.54) is 0 Å². The van der Waals surface area contributed by atoms with Gasteiger partial charge in [0.1, 0.15) is 0 Å². The highest BCUT2D eigenvalue weighted by atomic mass is 79.9. The average Bonchev–Trinajstić information content (AvgIpc) is 2.66. The van der Waals surface area contributed by atoms with Crippen LogP contribution in [0, 0.1) is 0 Å². The van der Waals surface area contributed by atoms with Gasteiger partial charge in [-0.05, 0) is 12.1 Å². The maximum atomic E-state index is 8.88. The SMILES string of the molecule is OCC1CC(c2cccc(Br)c2)=NO1. The molecule has 1 N–H and O–H groups in total.